The van der Waals surface area contributed by atoms with Crippen LogP contribution in [0.4, 0.5) is 0 Å². The molecule has 10 heterocycles. The Labute approximate surface area is 844 Å². The molecule has 0 aliphatic rings. The van der Waals surface area contributed by atoms with E-state index in [0.717, 1.165) is 57.1 Å². The summed E-state index contributed by atoms with van der Waals surface area (Å²) in [6, 6.07) is 73.1. The molecule has 20 rings (SSSR count). The van der Waals surface area contributed by atoms with Crippen molar-refractivity contribution in [1.82, 2.24) is 73.0 Å². The van der Waals surface area contributed by atoms with Crippen LogP contribution in [0, 0.1) is 0 Å². The molecular formula is C97H64Br5N15O17S5. The van der Waals surface area contributed by atoms with E-state index in [9.17, 15) is 47.9 Å². The van der Waals surface area contributed by atoms with Gasteiger partial charge >= 0.3 is 29.8 Å². The summed E-state index contributed by atoms with van der Waals surface area (Å²) < 4.78 is 39.8. The summed E-state index contributed by atoms with van der Waals surface area (Å²) in [6.45, 7) is 7.73. The molecule has 42 heteroatoms. The summed E-state index contributed by atoms with van der Waals surface area (Å²) >= 11 is 23.4. The number of ether oxygens (including phenoxy) is 5. The topological polar surface area (TPSA) is 405 Å². The van der Waals surface area contributed by atoms with E-state index in [-0.39, 0.29) is 27.8 Å². The van der Waals surface area contributed by atoms with Gasteiger partial charge in [-0.25, -0.2) is 0 Å². The first-order chi connectivity index (χ1) is 66.8. The zero-order chi connectivity index (χ0) is 98.4. The van der Waals surface area contributed by atoms with E-state index >= 15 is 0 Å². The average Bonchev–Trinajstić information content (AvgIpc) is 1.64. The van der Waals surface area contributed by atoms with E-state index in [2.05, 4.69) is 130 Å². The molecule has 32 nitrogen and oxygen atoms in total. The molecule has 0 spiro atoms. The monoisotopic (exact) mass is 2260 g/mol. The van der Waals surface area contributed by atoms with Gasteiger partial charge in [-0.15, -0.1) is 25.5 Å². The molecule has 0 unspecified atom stereocenters. The molecule has 0 atom stereocenters. The van der Waals surface area contributed by atoms with Crippen molar-refractivity contribution >= 4 is 227 Å². The van der Waals surface area contributed by atoms with Crippen LogP contribution in [0.5, 0.6) is 28.7 Å². The van der Waals surface area contributed by atoms with E-state index in [1.807, 2.05) is 121 Å². The highest BCUT2D eigenvalue weighted by atomic mass is 79.9. The zero-order valence-corrected chi connectivity index (χ0v) is 84.6. The molecule has 0 amide bonds. The third-order valence-corrected chi connectivity index (χ3v) is 25.8. The lowest BCUT2D eigenvalue weighted by Gasteiger charge is -2.04. The maximum absolute atomic E-state index is 12.7. The number of carbonyl (C=O) groups excluding carboxylic acids is 5. The number of carbonyl (C=O) groups is 6. The summed E-state index contributed by atoms with van der Waals surface area (Å²) in [5.41, 5.74) is 6.14. The summed E-state index contributed by atoms with van der Waals surface area (Å²) in [5.74, 6) is 0.485. The Morgan fingerprint density at radius 1 is 0.259 bits per heavy atom. The fraction of sp³-hybridized carbons (Fsp3) is 0.0619. The van der Waals surface area contributed by atoms with Gasteiger partial charge in [0.05, 0.1) is 50.5 Å². The minimum atomic E-state index is -0.833. The first-order valence-electron chi connectivity index (χ1n) is 40.7. The minimum Gasteiger partial charge on any atom is -0.481 e. The van der Waals surface area contributed by atoms with Gasteiger partial charge in [-0.05, 0) is 180 Å². The highest BCUT2D eigenvalue weighted by Crippen LogP contribution is 2.34. The summed E-state index contributed by atoms with van der Waals surface area (Å²) in [5, 5.41) is 29.0. The van der Waals surface area contributed by atoms with E-state index in [1.165, 1.54) is 114 Å². The Kier molecular flexibility index (Phi) is 31.7. The number of halogens is 5. The molecule has 139 heavy (non-hydrogen) atoms. The lowest BCUT2D eigenvalue weighted by molar-refractivity contribution is -0.135. The van der Waals surface area contributed by atoms with Crippen molar-refractivity contribution in [3.63, 3.8) is 0 Å². The Balaban J connectivity index is 0.000000130. The third-order valence-electron chi connectivity index (χ3n) is 18.5. The largest absolute Gasteiger partial charge is 0.481 e. The normalized spacial score (nSPS) is 11.7. The number of carboxylic acid groups (broad SMARTS) is 1. The van der Waals surface area contributed by atoms with E-state index in [1.54, 1.807) is 152 Å². The van der Waals surface area contributed by atoms with Crippen LogP contribution < -0.4 is 74.1 Å². The smallest absolute Gasteiger partial charge is 0.308 e. The van der Waals surface area contributed by atoms with E-state index < -0.39 is 35.8 Å². The number of aliphatic carboxylic acids is 1. The van der Waals surface area contributed by atoms with Gasteiger partial charge in [0.25, 0.3) is 33.8 Å². The zero-order valence-electron chi connectivity index (χ0n) is 72.6. The summed E-state index contributed by atoms with van der Waals surface area (Å²) in [7, 11) is 0. The standard InChI is InChI=1S/5C19H12BrN3O3S.C2H4O2/c5*1-11(24)26-15-8-3-2-7-14(15)17-21-19-23(22-17)18(25)16(27-19)10-12-5-4-6-13(20)9-12;1-2(3)4/h5*2-10H,1H3;1H3,(H,3,4)/b5*16-10-;. The Morgan fingerprint density at radius 2 is 0.417 bits per heavy atom. The van der Waals surface area contributed by atoms with Gasteiger partial charge in [0.2, 0.25) is 24.8 Å². The van der Waals surface area contributed by atoms with Crippen LogP contribution in [0.15, 0.2) is 289 Å². The number of nitrogens with zero attached hydrogens (tertiary/aromatic N) is 15. The number of rotatable bonds is 15. The SMILES string of the molecule is CC(=O)O.CC(=O)Oc1ccccc1-c1nc2s/c(=C\c3cccc(Br)c3)c(=O)n2n1.CC(=O)Oc1ccccc1-c1nc2s/c(=C\c3cccc(Br)c3)c(=O)n2n1.CC(=O)Oc1ccccc1-c1nc2s/c(=C\c3cccc(Br)c3)c(=O)n2n1.CC(=O)Oc1ccccc1-c1nc2s/c(=C\c3cccc(Br)c3)c(=O)n2n1.CC(=O)Oc1ccccc1-c1nc2s/c(=C\c3cccc(Br)c3)c(=O)n2n1. The number of benzene rings is 10. The average molecular weight is 2270 g/mol. The first kappa shape index (κ1) is 98.8. The number of thiazole rings is 5. The van der Waals surface area contributed by atoms with Crippen LogP contribution in [-0.4, -0.2) is 114 Å². The van der Waals surface area contributed by atoms with Gasteiger partial charge in [0, 0.05) is 63.9 Å². The van der Waals surface area contributed by atoms with Gasteiger partial charge < -0.3 is 28.8 Å². The minimum absolute atomic E-state index is 0.237. The van der Waals surface area contributed by atoms with Crippen molar-refractivity contribution in [2.45, 2.75) is 41.5 Å². The van der Waals surface area contributed by atoms with Crippen LogP contribution >= 0.6 is 136 Å². The van der Waals surface area contributed by atoms with Crippen LogP contribution in [0.3, 0.4) is 0 Å². The van der Waals surface area contributed by atoms with Crippen LogP contribution in [0.25, 0.3) is 112 Å². The van der Waals surface area contributed by atoms with Gasteiger partial charge in [0.15, 0.2) is 29.1 Å². The lowest BCUT2D eigenvalue weighted by atomic mass is 10.2. The number of fused-ring (bicyclic) bond motifs is 5. The number of carboxylic acids is 1. The molecule has 0 fully saturated rings. The number of hydrogen-bond donors (Lipinski definition) is 1. The van der Waals surface area contributed by atoms with Crippen molar-refractivity contribution in [3.05, 3.63) is 367 Å². The second-order valence-electron chi connectivity index (χ2n) is 29.0. The fourth-order valence-electron chi connectivity index (χ4n) is 13.0. The maximum atomic E-state index is 12.7. The number of aromatic nitrogens is 15. The maximum Gasteiger partial charge on any atom is 0.308 e. The second-order valence-corrected chi connectivity index (χ2v) is 38.6. The highest BCUT2D eigenvalue weighted by molar-refractivity contribution is 9.11. The number of para-hydroxylation sites is 5. The van der Waals surface area contributed by atoms with E-state index in [4.69, 9.17) is 33.6 Å². The molecule has 0 saturated carbocycles. The molecule has 0 bridgehead atoms. The van der Waals surface area contributed by atoms with Crippen molar-refractivity contribution < 1.29 is 57.6 Å². The quantitative estimate of drug-likeness (QED) is 0.0735. The van der Waals surface area contributed by atoms with Crippen molar-refractivity contribution in [3.8, 4) is 85.7 Å². The van der Waals surface area contributed by atoms with Crippen LogP contribution in [0.1, 0.15) is 69.4 Å². The van der Waals surface area contributed by atoms with Crippen molar-refractivity contribution in [2.24, 2.45) is 0 Å². The fourth-order valence-corrected chi connectivity index (χ4v) is 19.6. The van der Waals surface area contributed by atoms with Crippen LogP contribution in [0.2, 0.25) is 0 Å². The molecular weight excluding hydrogens is 2210 g/mol. The molecule has 0 saturated heterocycles. The third kappa shape index (κ3) is 24.8. The van der Waals surface area contributed by atoms with Gasteiger partial charge in [-0.1, -0.05) is 258 Å². The second kappa shape index (κ2) is 44.6. The predicted molar refractivity (Wildman–Crippen MR) is 547 cm³/mol. The molecule has 10 aromatic carbocycles. The Morgan fingerprint density at radius 3 is 0.561 bits per heavy atom. The number of hydrogen-bond acceptors (Lipinski definition) is 31. The Bertz CT molecular complexity index is 7680. The van der Waals surface area contributed by atoms with Crippen LogP contribution in [-0.2, 0) is 28.8 Å². The predicted octanol–water partition coefficient (Wildman–Crippen LogP) is 15.4. The molecule has 0 aliphatic heterocycles. The molecule has 0 radical (unpaired) electrons. The molecule has 694 valence electrons. The van der Waals surface area contributed by atoms with Crippen molar-refractivity contribution in [2.75, 3.05) is 0 Å². The first-order valence-corrected chi connectivity index (χ1v) is 48.8. The highest BCUT2D eigenvalue weighted by Gasteiger charge is 2.24. The van der Waals surface area contributed by atoms with E-state index in [0.29, 0.717) is 133 Å². The number of esters is 5. The lowest BCUT2D eigenvalue weighted by Crippen LogP contribution is -2.23. The summed E-state index contributed by atoms with van der Waals surface area (Å²) in [6.07, 6.45) is 9.03. The molecule has 1 N–H and O–H groups in total. The van der Waals surface area contributed by atoms with Gasteiger partial charge in [-0.3, -0.25) is 52.7 Å². The molecule has 0 aliphatic carbocycles. The molecule has 20 aromatic rings. The molecule has 10 aromatic heterocycles. The van der Waals surface area contributed by atoms with Gasteiger partial charge in [-0.2, -0.15) is 47.5 Å². The van der Waals surface area contributed by atoms with Gasteiger partial charge in [0.1, 0.15) is 28.7 Å². The van der Waals surface area contributed by atoms with Crippen molar-refractivity contribution in [1.29, 1.82) is 0 Å². The Hall–Kier alpha value is -14.7. The summed E-state index contributed by atoms with van der Waals surface area (Å²) in [4.78, 5) is 153.